The summed E-state index contributed by atoms with van der Waals surface area (Å²) in [7, 11) is 0. The molecule has 0 heterocycles. The van der Waals surface area contributed by atoms with Gasteiger partial charge in [-0.05, 0) is 78.5 Å². The predicted octanol–water partition coefficient (Wildman–Crippen LogP) is 9.41. The van der Waals surface area contributed by atoms with Gasteiger partial charge < -0.3 is 0 Å². The number of unbranched alkanes of at least 4 members (excludes halogenated alkanes) is 9. The Balaban J connectivity index is 2.70. The molecule has 0 aliphatic heterocycles. The molecule has 0 spiro atoms. The summed E-state index contributed by atoms with van der Waals surface area (Å²) in [6.45, 7) is 19.7. The number of hydrogen-bond acceptors (Lipinski definition) is 0. The van der Waals surface area contributed by atoms with Crippen LogP contribution in [0.1, 0.15) is 133 Å². The Hall–Kier alpha value is -1.30. The molecular weight excluding hydrogens is 348 g/mol. The Bertz CT molecular complexity index is 617. The first-order chi connectivity index (χ1) is 14.1. The molecule has 0 bridgehead atoms. The molecule has 0 unspecified atom stereocenters. The predicted molar refractivity (Wildman–Crippen MR) is 132 cm³/mol. The SMILES string of the molecule is [C]=C(CC)c1cc(CC)c(CC)c(CC)c1/C=C\CCCCCCCCCCC. The minimum atomic E-state index is 0.778. The van der Waals surface area contributed by atoms with Gasteiger partial charge in [0.05, 0.1) is 0 Å². The second kappa shape index (κ2) is 15.5. The molecule has 0 amide bonds. The van der Waals surface area contributed by atoms with Crippen LogP contribution in [0.5, 0.6) is 0 Å². The fourth-order valence-corrected chi connectivity index (χ4v) is 4.42. The standard InChI is InChI=1S/C29H46/c1-7-12-13-14-15-16-17-18-19-20-21-22-28-27(11-5)26(10-4)25(9-3)23-29(28)24(6)8-2/h21-23H,7-20H2,1-5H3/b22-21-. The van der Waals surface area contributed by atoms with Gasteiger partial charge in [-0.1, -0.05) is 104 Å². The fraction of sp³-hybridized carbons (Fsp3) is 0.655. The van der Waals surface area contributed by atoms with Crippen molar-refractivity contribution in [1.29, 1.82) is 0 Å². The van der Waals surface area contributed by atoms with Gasteiger partial charge in [0, 0.05) is 0 Å². The number of hydrogen-bond donors (Lipinski definition) is 0. The Kier molecular flexibility index (Phi) is 13.8. The average molecular weight is 395 g/mol. The summed E-state index contributed by atoms with van der Waals surface area (Å²) in [6, 6.07) is 2.31. The molecule has 1 rings (SSSR count). The molecular formula is C29H46. The largest absolute Gasteiger partial charge is 0.0839 e. The van der Waals surface area contributed by atoms with Crippen molar-refractivity contribution >= 4 is 11.6 Å². The van der Waals surface area contributed by atoms with E-state index < -0.39 is 0 Å². The van der Waals surface area contributed by atoms with E-state index in [1.807, 2.05) is 0 Å². The van der Waals surface area contributed by atoms with Crippen LogP contribution in [0.2, 0.25) is 0 Å². The number of allylic oxidation sites excluding steroid dienone is 2. The van der Waals surface area contributed by atoms with Crippen molar-refractivity contribution in [2.45, 2.75) is 125 Å². The van der Waals surface area contributed by atoms with Crippen LogP contribution >= 0.6 is 0 Å². The maximum absolute atomic E-state index is 8.51. The average Bonchev–Trinajstić information content (AvgIpc) is 2.75. The van der Waals surface area contributed by atoms with Crippen LogP contribution in [0.15, 0.2) is 12.1 Å². The minimum absolute atomic E-state index is 0.778. The highest BCUT2D eigenvalue weighted by atomic mass is 14.2. The number of aryl methyl sites for hydroxylation is 1. The van der Waals surface area contributed by atoms with Crippen LogP contribution in [0, 0.1) is 6.58 Å². The molecule has 0 fully saturated rings. The second-order valence-electron chi connectivity index (χ2n) is 8.37. The van der Waals surface area contributed by atoms with Gasteiger partial charge in [0.25, 0.3) is 0 Å². The van der Waals surface area contributed by atoms with E-state index in [2.05, 4.69) is 52.8 Å². The molecule has 0 saturated carbocycles. The molecule has 162 valence electrons. The Morgan fingerprint density at radius 3 is 1.86 bits per heavy atom. The van der Waals surface area contributed by atoms with Gasteiger partial charge in [-0.2, -0.15) is 0 Å². The molecule has 1 aromatic rings. The van der Waals surface area contributed by atoms with Gasteiger partial charge in [-0.15, -0.1) is 0 Å². The summed E-state index contributed by atoms with van der Waals surface area (Å²) >= 11 is 0. The minimum Gasteiger partial charge on any atom is -0.0839 e. The third-order valence-corrected chi connectivity index (χ3v) is 6.21. The highest BCUT2D eigenvalue weighted by molar-refractivity contribution is 5.76. The zero-order chi connectivity index (χ0) is 21.5. The van der Waals surface area contributed by atoms with E-state index in [1.54, 1.807) is 0 Å². The lowest BCUT2D eigenvalue weighted by Crippen LogP contribution is -2.04. The van der Waals surface area contributed by atoms with E-state index in [0.29, 0.717) is 0 Å². The van der Waals surface area contributed by atoms with Crippen LogP contribution in [0.4, 0.5) is 0 Å². The molecule has 0 nitrogen and oxygen atoms in total. The molecule has 1 aromatic carbocycles. The molecule has 0 atom stereocenters. The normalized spacial score (nSPS) is 11.5. The Morgan fingerprint density at radius 1 is 0.759 bits per heavy atom. The lowest BCUT2D eigenvalue weighted by molar-refractivity contribution is 0.566. The van der Waals surface area contributed by atoms with Crippen LogP contribution in [-0.2, 0) is 19.3 Å². The van der Waals surface area contributed by atoms with Crippen molar-refractivity contribution < 1.29 is 0 Å². The van der Waals surface area contributed by atoms with Crippen molar-refractivity contribution in [1.82, 2.24) is 0 Å². The second-order valence-corrected chi connectivity index (χ2v) is 8.37. The van der Waals surface area contributed by atoms with Gasteiger partial charge in [-0.3, -0.25) is 0 Å². The topological polar surface area (TPSA) is 0 Å². The monoisotopic (exact) mass is 394 g/mol. The maximum atomic E-state index is 8.51. The summed E-state index contributed by atoms with van der Waals surface area (Å²) in [5.41, 5.74) is 7.70. The first kappa shape index (κ1) is 25.7. The summed E-state index contributed by atoms with van der Waals surface area (Å²) in [5, 5.41) is 0. The molecule has 0 heteroatoms. The van der Waals surface area contributed by atoms with Crippen molar-refractivity contribution in [3.63, 3.8) is 0 Å². The van der Waals surface area contributed by atoms with Crippen molar-refractivity contribution in [2.75, 3.05) is 0 Å². The fourth-order valence-electron chi connectivity index (χ4n) is 4.42. The van der Waals surface area contributed by atoms with Gasteiger partial charge in [0.15, 0.2) is 0 Å². The lowest BCUT2D eigenvalue weighted by atomic mass is 9.85. The van der Waals surface area contributed by atoms with E-state index in [-0.39, 0.29) is 0 Å². The van der Waals surface area contributed by atoms with Gasteiger partial charge in [0.2, 0.25) is 0 Å². The molecule has 0 aliphatic carbocycles. The highest BCUT2D eigenvalue weighted by Gasteiger charge is 2.15. The van der Waals surface area contributed by atoms with Gasteiger partial charge in [-0.25, -0.2) is 0 Å². The third kappa shape index (κ3) is 8.53. The number of rotatable bonds is 16. The molecule has 0 aliphatic rings. The van der Waals surface area contributed by atoms with E-state index in [1.165, 1.54) is 85.6 Å². The van der Waals surface area contributed by atoms with Crippen molar-refractivity contribution in [3.8, 4) is 0 Å². The first-order valence-corrected chi connectivity index (χ1v) is 12.6. The Morgan fingerprint density at radius 2 is 1.34 bits per heavy atom. The van der Waals surface area contributed by atoms with Crippen molar-refractivity contribution in [3.05, 3.63) is 46.5 Å². The molecule has 29 heavy (non-hydrogen) atoms. The summed E-state index contributed by atoms with van der Waals surface area (Å²) in [5.74, 6) is 0. The van der Waals surface area contributed by atoms with E-state index in [9.17, 15) is 0 Å². The maximum Gasteiger partial charge on any atom is -0.00546 e. The van der Waals surface area contributed by atoms with Crippen LogP contribution in [0.25, 0.3) is 11.6 Å². The Labute approximate surface area is 182 Å². The van der Waals surface area contributed by atoms with E-state index in [0.717, 1.165) is 37.7 Å². The smallest absolute Gasteiger partial charge is 0.00546 e. The van der Waals surface area contributed by atoms with Crippen LogP contribution < -0.4 is 0 Å². The van der Waals surface area contributed by atoms with Crippen LogP contribution in [-0.4, -0.2) is 0 Å². The lowest BCUT2D eigenvalue weighted by Gasteiger charge is -2.20. The summed E-state index contributed by atoms with van der Waals surface area (Å²) in [6.07, 6.45) is 22.3. The van der Waals surface area contributed by atoms with Crippen LogP contribution in [0.3, 0.4) is 0 Å². The summed E-state index contributed by atoms with van der Waals surface area (Å²) in [4.78, 5) is 0. The van der Waals surface area contributed by atoms with E-state index in [4.69, 9.17) is 6.58 Å². The van der Waals surface area contributed by atoms with E-state index >= 15 is 0 Å². The van der Waals surface area contributed by atoms with Crippen molar-refractivity contribution in [2.24, 2.45) is 0 Å². The zero-order valence-corrected chi connectivity index (χ0v) is 20.1. The number of benzene rings is 1. The first-order valence-electron chi connectivity index (χ1n) is 12.6. The molecule has 0 N–H and O–H groups in total. The quantitative estimate of drug-likeness (QED) is 0.245. The molecule has 0 aromatic heterocycles. The summed E-state index contributed by atoms with van der Waals surface area (Å²) < 4.78 is 0. The van der Waals surface area contributed by atoms with Gasteiger partial charge >= 0.3 is 0 Å². The third-order valence-electron chi connectivity index (χ3n) is 6.21. The highest BCUT2D eigenvalue weighted by Crippen LogP contribution is 2.31. The molecule has 0 saturated heterocycles. The molecule has 2 radical (unpaired) electrons. The zero-order valence-electron chi connectivity index (χ0n) is 20.1. The van der Waals surface area contributed by atoms with Gasteiger partial charge in [0.1, 0.15) is 0 Å².